The van der Waals surface area contributed by atoms with Crippen LogP contribution in [-0.2, 0) is 4.79 Å². The average molecular weight is 234 g/mol. The van der Waals surface area contributed by atoms with E-state index in [1.54, 1.807) is 19.1 Å². The van der Waals surface area contributed by atoms with Crippen LogP contribution in [0.2, 0.25) is 10.0 Å². The molecular formula is C9H9Cl2NO2. The Morgan fingerprint density at radius 3 is 2.36 bits per heavy atom. The van der Waals surface area contributed by atoms with Crippen LogP contribution in [-0.4, -0.2) is 12.5 Å². The minimum atomic E-state index is -0.544. The Morgan fingerprint density at radius 2 is 1.93 bits per heavy atom. The van der Waals surface area contributed by atoms with Gasteiger partial charge in [-0.1, -0.05) is 23.2 Å². The van der Waals surface area contributed by atoms with Crippen molar-refractivity contribution in [3.63, 3.8) is 0 Å². The molecule has 1 rings (SSSR count). The van der Waals surface area contributed by atoms with E-state index in [1.165, 1.54) is 0 Å². The summed E-state index contributed by atoms with van der Waals surface area (Å²) in [6, 6.07) is 3.18. The number of ether oxygens (including phenoxy) is 1. The number of hydrogen-bond donors (Lipinski definition) is 1. The quantitative estimate of drug-likeness (QED) is 0.871. The van der Waals surface area contributed by atoms with Crippen molar-refractivity contribution < 1.29 is 9.53 Å². The van der Waals surface area contributed by atoms with E-state index in [2.05, 4.69) is 0 Å². The Kier molecular flexibility index (Phi) is 3.61. The smallest absolute Gasteiger partial charge is 0.255 e. The van der Waals surface area contributed by atoms with Crippen molar-refractivity contribution in [2.45, 2.75) is 6.92 Å². The fraction of sp³-hybridized carbons (Fsp3) is 0.222. The topological polar surface area (TPSA) is 52.3 Å². The van der Waals surface area contributed by atoms with E-state index in [0.717, 1.165) is 5.56 Å². The Hall–Kier alpha value is -0.930. The number of hydrogen-bond acceptors (Lipinski definition) is 2. The molecule has 0 aliphatic rings. The zero-order chi connectivity index (χ0) is 10.7. The van der Waals surface area contributed by atoms with Crippen LogP contribution in [0.5, 0.6) is 5.75 Å². The molecule has 0 saturated carbocycles. The number of halogens is 2. The third kappa shape index (κ3) is 2.79. The second-order valence-corrected chi connectivity index (χ2v) is 3.58. The molecule has 0 aromatic heterocycles. The lowest BCUT2D eigenvalue weighted by molar-refractivity contribution is -0.119. The zero-order valence-electron chi connectivity index (χ0n) is 7.51. The standard InChI is InChI=1S/C9H9Cl2NO2/c1-5-7(10)2-6(3-8(5)11)14-4-9(12)13/h2-3H,4H2,1H3,(H2,12,13). The summed E-state index contributed by atoms with van der Waals surface area (Å²) in [5.41, 5.74) is 5.69. The van der Waals surface area contributed by atoms with Crippen molar-refractivity contribution in [1.82, 2.24) is 0 Å². The Labute approximate surface area is 91.7 Å². The minimum absolute atomic E-state index is 0.185. The molecule has 5 heteroatoms. The van der Waals surface area contributed by atoms with Crippen molar-refractivity contribution >= 4 is 29.1 Å². The third-order valence-electron chi connectivity index (χ3n) is 1.64. The molecule has 0 spiro atoms. The second kappa shape index (κ2) is 4.53. The van der Waals surface area contributed by atoms with Crippen LogP contribution in [0.25, 0.3) is 0 Å². The van der Waals surface area contributed by atoms with E-state index in [-0.39, 0.29) is 6.61 Å². The Balaban J connectivity index is 2.84. The van der Waals surface area contributed by atoms with Crippen LogP contribution in [0.1, 0.15) is 5.56 Å². The number of rotatable bonds is 3. The molecule has 0 heterocycles. The number of carbonyl (C=O) groups excluding carboxylic acids is 1. The van der Waals surface area contributed by atoms with Gasteiger partial charge >= 0.3 is 0 Å². The van der Waals surface area contributed by atoms with Gasteiger partial charge in [0.2, 0.25) is 0 Å². The molecule has 0 aliphatic heterocycles. The Bertz CT molecular complexity index is 343. The van der Waals surface area contributed by atoms with E-state index < -0.39 is 5.91 Å². The summed E-state index contributed by atoms with van der Waals surface area (Å²) in [6.45, 7) is 1.61. The number of benzene rings is 1. The highest BCUT2D eigenvalue weighted by Crippen LogP contribution is 2.29. The fourth-order valence-electron chi connectivity index (χ4n) is 0.860. The van der Waals surface area contributed by atoms with Gasteiger partial charge in [0.05, 0.1) is 0 Å². The normalized spacial score (nSPS) is 9.93. The van der Waals surface area contributed by atoms with E-state index in [0.29, 0.717) is 15.8 Å². The Morgan fingerprint density at radius 1 is 1.43 bits per heavy atom. The summed E-state index contributed by atoms with van der Waals surface area (Å²) >= 11 is 11.7. The first-order chi connectivity index (χ1) is 6.50. The molecule has 1 amide bonds. The predicted octanol–water partition coefficient (Wildman–Crippen LogP) is 2.17. The van der Waals surface area contributed by atoms with Gasteiger partial charge in [-0.25, -0.2) is 0 Å². The highest BCUT2D eigenvalue weighted by atomic mass is 35.5. The summed E-state index contributed by atoms with van der Waals surface area (Å²) < 4.78 is 5.04. The summed E-state index contributed by atoms with van der Waals surface area (Å²) in [4.78, 5) is 10.4. The summed E-state index contributed by atoms with van der Waals surface area (Å²) in [7, 11) is 0. The van der Waals surface area contributed by atoms with Gasteiger partial charge in [0.1, 0.15) is 5.75 Å². The van der Waals surface area contributed by atoms with Crippen LogP contribution in [0.4, 0.5) is 0 Å². The lowest BCUT2D eigenvalue weighted by atomic mass is 10.2. The monoisotopic (exact) mass is 233 g/mol. The van der Waals surface area contributed by atoms with Gasteiger partial charge in [0, 0.05) is 10.0 Å². The number of primary amides is 1. The summed E-state index contributed by atoms with van der Waals surface area (Å²) in [5, 5.41) is 0.994. The highest BCUT2D eigenvalue weighted by Gasteiger charge is 2.05. The van der Waals surface area contributed by atoms with E-state index in [9.17, 15) is 4.79 Å². The van der Waals surface area contributed by atoms with Crippen molar-refractivity contribution in [3.05, 3.63) is 27.7 Å². The van der Waals surface area contributed by atoms with E-state index in [4.69, 9.17) is 33.7 Å². The second-order valence-electron chi connectivity index (χ2n) is 2.77. The van der Waals surface area contributed by atoms with Crippen molar-refractivity contribution in [2.24, 2.45) is 5.73 Å². The SMILES string of the molecule is Cc1c(Cl)cc(OCC(N)=O)cc1Cl. The maximum atomic E-state index is 10.4. The molecule has 3 nitrogen and oxygen atoms in total. The molecule has 0 unspecified atom stereocenters. The highest BCUT2D eigenvalue weighted by molar-refractivity contribution is 6.36. The summed E-state index contributed by atoms with van der Waals surface area (Å²) in [6.07, 6.45) is 0. The molecule has 0 fully saturated rings. The maximum Gasteiger partial charge on any atom is 0.255 e. The molecule has 0 bridgehead atoms. The molecular weight excluding hydrogens is 225 g/mol. The molecule has 0 saturated heterocycles. The number of nitrogens with two attached hydrogens (primary N) is 1. The number of amides is 1. The van der Waals surface area contributed by atoms with Gasteiger partial charge in [-0.3, -0.25) is 4.79 Å². The van der Waals surface area contributed by atoms with Gasteiger partial charge in [-0.05, 0) is 24.6 Å². The van der Waals surface area contributed by atoms with Crippen LogP contribution in [0.15, 0.2) is 12.1 Å². The first-order valence-electron chi connectivity index (χ1n) is 3.87. The van der Waals surface area contributed by atoms with Gasteiger partial charge in [-0.15, -0.1) is 0 Å². The molecule has 0 atom stereocenters. The van der Waals surface area contributed by atoms with Crippen LogP contribution in [0, 0.1) is 6.92 Å². The maximum absolute atomic E-state index is 10.4. The van der Waals surface area contributed by atoms with Crippen LogP contribution < -0.4 is 10.5 Å². The van der Waals surface area contributed by atoms with E-state index >= 15 is 0 Å². The van der Waals surface area contributed by atoms with Crippen LogP contribution in [0.3, 0.4) is 0 Å². The van der Waals surface area contributed by atoms with Crippen molar-refractivity contribution in [3.8, 4) is 5.75 Å². The molecule has 76 valence electrons. The molecule has 1 aromatic carbocycles. The summed E-state index contributed by atoms with van der Waals surface area (Å²) in [5.74, 6) is -0.109. The fourth-order valence-corrected chi connectivity index (χ4v) is 1.33. The van der Waals surface area contributed by atoms with Crippen LogP contribution >= 0.6 is 23.2 Å². The zero-order valence-corrected chi connectivity index (χ0v) is 9.02. The van der Waals surface area contributed by atoms with Gasteiger partial charge < -0.3 is 10.5 Å². The van der Waals surface area contributed by atoms with Gasteiger partial charge in [0.25, 0.3) is 5.91 Å². The predicted molar refractivity (Wildman–Crippen MR) is 55.9 cm³/mol. The first kappa shape index (κ1) is 11.1. The minimum Gasteiger partial charge on any atom is -0.484 e. The lowest BCUT2D eigenvalue weighted by Crippen LogP contribution is -2.20. The lowest BCUT2D eigenvalue weighted by Gasteiger charge is -2.07. The van der Waals surface area contributed by atoms with Gasteiger partial charge in [0.15, 0.2) is 6.61 Å². The van der Waals surface area contributed by atoms with Crippen molar-refractivity contribution in [1.29, 1.82) is 0 Å². The average Bonchev–Trinajstić information content (AvgIpc) is 2.10. The molecule has 0 radical (unpaired) electrons. The largest absolute Gasteiger partial charge is 0.484 e. The first-order valence-corrected chi connectivity index (χ1v) is 4.63. The molecule has 14 heavy (non-hydrogen) atoms. The number of carbonyl (C=O) groups is 1. The van der Waals surface area contributed by atoms with E-state index in [1.807, 2.05) is 0 Å². The van der Waals surface area contributed by atoms with Crippen molar-refractivity contribution in [2.75, 3.05) is 6.61 Å². The van der Waals surface area contributed by atoms with Gasteiger partial charge in [-0.2, -0.15) is 0 Å². The molecule has 0 aliphatic carbocycles. The third-order valence-corrected chi connectivity index (χ3v) is 2.42. The molecule has 1 aromatic rings. The molecule has 2 N–H and O–H groups in total.